The Morgan fingerprint density at radius 2 is 1.61 bits per heavy atom. The number of carbonyl (C=O) groups is 1. The molecular formula is C28H29FN2O2. The first-order valence-electron chi connectivity index (χ1n) is 11.3. The number of para-hydroxylation sites is 1. The molecule has 0 aliphatic carbocycles. The van der Waals surface area contributed by atoms with E-state index in [0.29, 0.717) is 25.9 Å². The van der Waals surface area contributed by atoms with Crippen LogP contribution < -0.4 is 9.64 Å². The number of hydrogen-bond donors (Lipinski definition) is 0. The third-order valence-corrected chi connectivity index (χ3v) is 6.04. The number of rotatable bonds is 7. The van der Waals surface area contributed by atoms with E-state index < -0.39 is 0 Å². The Morgan fingerprint density at radius 1 is 0.939 bits per heavy atom. The molecule has 4 rings (SSSR count). The number of halogens is 1. The Labute approximate surface area is 194 Å². The fourth-order valence-electron chi connectivity index (χ4n) is 4.15. The van der Waals surface area contributed by atoms with Crippen molar-refractivity contribution >= 4 is 17.2 Å². The third-order valence-electron chi connectivity index (χ3n) is 6.04. The van der Waals surface area contributed by atoms with Gasteiger partial charge >= 0.3 is 0 Å². The fourth-order valence-corrected chi connectivity index (χ4v) is 4.15. The lowest BCUT2D eigenvalue weighted by molar-refractivity contribution is -0.130. The van der Waals surface area contributed by atoms with Gasteiger partial charge in [-0.2, -0.15) is 0 Å². The lowest BCUT2D eigenvalue weighted by Crippen LogP contribution is -2.48. The Hall–Kier alpha value is -3.60. The highest BCUT2D eigenvalue weighted by Gasteiger charge is 2.22. The summed E-state index contributed by atoms with van der Waals surface area (Å²) in [5.41, 5.74) is 4.01. The van der Waals surface area contributed by atoms with Crippen molar-refractivity contribution in [2.24, 2.45) is 0 Å². The van der Waals surface area contributed by atoms with Gasteiger partial charge in [-0.1, -0.05) is 60.7 Å². The predicted octanol–water partition coefficient (Wildman–Crippen LogP) is 5.20. The summed E-state index contributed by atoms with van der Waals surface area (Å²) in [7, 11) is 1.46. The van der Waals surface area contributed by atoms with E-state index in [-0.39, 0.29) is 17.5 Å². The molecule has 0 saturated carbocycles. The largest absolute Gasteiger partial charge is 0.494 e. The van der Waals surface area contributed by atoms with Gasteiger partial charge in [-0.15, -0.1) is 0 Å². The molecule has 0 N–H and O–H groups in total. The first-order valence-corrected chi connectivity index (χ1v) is 11.3. The zero-order chi connectivity index (χ0) is 23.0. The van der Waals surface area contributed by atoms with E-state index in [1.54, 1.807) is 6.07 Å². The maximum absolute atomic E-state index is 14.1. The highest BCUT2D eigenvalue weighted by molar-refractivity contribution is 5.89. The highest BCUT2D eigenvalue weighted by atomic mass is 19.1. The Bertz CT molecular complexity index is 1090. The molecule has 1 aliphatic heterocycles. The molecule has 1 aliphatic rings. The minimum atomic E-state index is -0.378. The summed E-state index contributed by atoms with van der Waals surface area (Å²) in [6, 6.07) is 25.2. The Morgan fingerprint density at radius 3 is 2.24 bits per heavy atom. The van der Waals surface area contributed by atoms with E-state index in [0.717, 1.165) is 29.8 Å². The van der Waals surface area contributed by atoms with Gasteiger partial charge in [-0.3, -0.25) is 4.79 Å². The number of hydrogen-bond acceptors (Lipinski definition) is 3. The Balaban J connectivity index is 1.44. The second kappa shape index (κ2) is 10.8. The summed E-state index contributed by atoms with van der Waals surface area (Å²) >= 11 is 0. The van der Waals surface area contributed by atoms with Crippen molar-refractivity contribution in [2.75, 3.05) is 38.2 Å². The number of benzene rings is 3. The molecule has 0 bridgehead atoms. The fraction of sp³-hybridized carbons (Fsp3) is 0.250. The van der Waals surface area contributed by atoms with Gasteiger partial charge in [0.2, 0.25) is 5.91 Å². The van der Waals surface area contributed by atoms with E-state index in [2.05, 4.69) is 17.0 Å². The van der Waals surface area contributed by atoms with Crippen molar-refractivity contribution in [3.63, 3.8) is 0 Å². The second-order valence-corrected chi connectivity index (χ2v) is 8.15. The first-order chi connectivity index (χ1) is 16.1. The van der Waals surface area contributed by atoms with Gasteiger partial charge in [0.1, 0.15) is 0 Å². The average molecular weight is 445 g/mol. The van der Waals surface area contributed by atoms with Crippen LogP contribution in [0.5, 0.6) is 5.75 Å². The zero-order valence-corrected chi connectivity index (χ0v) is 18.9. The van der Waals surface area contributed by atoms with Crippen molar-refractivity contribution in [3.05, 3.63) is 102 Å². The van der Waals surface area contributed by atoms with Crippen LogP contribution in [0, 0.1) is 5.82 Å². The van der Waals surface area contributed by atoms with Crippen molar-refractivity contribution in [2.45, 2.75) is 12.8 Å². The standard InChI is InChI=1S/C28H29FN2O2/c1-33-27-15-13-22(20-26(27)29)12-14-24(23-8-4-2-5-9-23)21-28(32)31-18-16-30(17-19-31)25-10-6-3-7-11-25/h2-11,13-15,20H,12,16-19,21H2,1H3/b24-14-. The van der Waals surface area contributed by atoms with Crippen LogP contribution in [-0.2, 0) is 11.2 Å². The SMILES string of the molecule is COc1ccc(C/C=C(/CC(=O)N2CCN(c3ccccc3)CC2)c2ccccc2)cc1F. The van der Waals surface area contributed by atoms with E-state index in [4.69, 9.17) is 4.74 Å². The summed E-state index contributed by atoms with van der Waals surface area (Å²) in [5.74, 6) is -0.0217. The number of amides is 1. The van der Waals surface area contributed by atoms with Crippen LogP contribution in [-0.4, -0.2) is 44.1 Å². The predicted molar refractivity (Wildman–Crippen MR) is 131 cm³/mol. The molecule has 1 amide bonds. The molecule has 3 aromatic carbocycles. The average Bonchev–Trinajstić information content (AvgIpc) is 2.87. The summed E-state index contributed by atoms with van der Waals surface area (Å²) in [5, 5.41) is 0. The van der Waals surface area contributed by atoms with Gasteiger partial charge in [0.25, 0.3) is 0 Å². The number of nitrogens with zero attached hydrogens (tertiary/aromatic N) is 2. The number of carbonyl (C=O) groups excluding carboxylic acids is 1. The summed E-state index contributed by atoms with van der Waals surface area (Å²) in [6.07, 6.45) is 2.91. The van der Waals surface area contributed by atoms with Crippen molar-refractivity contribution < 1.29 is 13.9 Å². The molecule has 0 atom stereocenters. The summed E-state index contributed by atoms with van der Waals surface area (Å²) in [4.78, 5) is 17.4. The molecule has 5 heteroatoms. The van der Waals surface area contributed by atoms with Gasteiger partial charge < -0.3 is 14.5 Å². The van der Waals surface area contributed by atoms with Crippen LogP contribution >= 0.6 is 0 Å². The first kappa shape index (κ1) is 22.6. The van der Waals surface area contributed by atoms with Gasteiger partial charge in [-0.05, 0) is 47.4 Å². The number of anilines is 1. The molecule has 170 valence electrons. The number of methoxy groups -OCH3 is 1. The zero-order valence-electron chi connectivity index (χ0n) is 18.9. The normalized spacial score (nSPS) is 14.3. The monoisotopic (exact) mass is 444 g/mol. The maximum Gasteiger partial charge on any atom is 0.227 e. The molecule has 33 heavy (non-hydrogen) atoms. The van der Waals surface area contributed by atoms with Crippen LogP contribution in [0.25, 0.3) is 5.57 Å². The molecule has 0 unspecified atom stereocenters. The molecule has 0 spiro atoms. The highest BCUT2D eigenvalue weighted by Crippen LogP contribution is 2.23. The number of piperazine rings is 1. The molecule has 1 fully saturated rings. The molecular weight excluding hydrogens is 415 g/mol. The van der Waals surface area contributed by atoms with E-state index in [1.807, 2.05) is 65.6 Å². The van der Waals surface area contributed by atoms with Gasteiger partial charge in [0.05, 0.1) is 13.5 Å². The van der Waals surface area contributed by atoms with E-state index >= 15 is 0 Å². The van der Waals surface area contributed by atoms with E-state index in [9.17, 15) is 9.18 Å². The third kappa shape index (κ3) is 5.80. The van der Waals surface area contributed by atoms with Crippen LogP contribution in [0.15, 0.2) is 84.9 Å². The molecule has 0 radical (unpaired) electrons. The smallest absolute Gasteiger partial charge is 0.227 e. The molecule has 1 saturated heterocycles. The van der Waals surface area contributed by atoms with Crippen LogP contribution in [0.3, 0.4) is 0 Å². The van der Waals surface area contributed by atoms with Gasteiger partial charge in [0.15, 0.2) is 11.6 Å². The molecule has 0 aromatic heterocycles. The van der Waals surface area contributed by atoms with Crippen molar-refractivity contribution in [3.8, 4) is 5.75 Å². The van der Waals surface area contributed by atoms with Crippen LogP contribution in [0.1, 0.15) is 17.5 Å². The van der Waals surface area contributed by atoms with Gasteiger partial charge in [-0.25, -0.2) is 4.39 Å². The molecule has 1 heterocycles. The van der Waals surface area contributed by atoms with Crippen LogP contribution in [0.2, 0.25) is 0 Å². The topological polar surface area (TPSA) is 32.8 Å². The minimum Gasteiger partial charge on any atom is -0.494 e. The minimum absolute atomic E-state index is 0.124. The maximum atomic E-state index is 14.1. The Kier molecular flexibility index (Phi) is 7.40. The van der Waals surface area contributed by atoms with Crippen molar-refractivity contribution in [1.29, 1.82) is 0 Å². The summed E-state index contributed by atoms with van der Waals surface area (Å²) < 4.78 is 19.1. The molecule has 4 nitrogen and oxygen atoms in total. The quantitative estimate of drug-likeness (QED) is 0.502. The summed E-state index contributed by atoms with van der Waals surface area (Å²) in [6.45, 7) is 3.06. The van der Waals surface area contributed by atoms with Gasteiger partial charge in [0, 0.05) is 31.9 Å². The lowest BCUT2D eigenvalue weighted by Gasteiger charge is -2.36. The second-order valence-electron chi connectivity index (χ2n) is 8.15. The van der Waals surface area contributed by atoms with E-state index in [1.165, 1.54) is 18.9 Å². The number of allylic oxidation sites excluding steroid dienone is 1. The van der Waals surface area contributed by atoms with Crippen molar-refractivity contribution in [1.82, 2.24) is 4.90 Å². The number of ether oxygens (including phenoxy) is 1. The lowest BCUT2D eigenvalue weighted by atomic mass is 9.99. The molecule has 3 aromatic rings. The van der Waals surface area contributed by atoms with Crippen LogP contribution in [0.4, 0.5) is 10.1 Å².